The standard InChI is InChI=1S/C18H22N6O/c1-17(10-18(11-17)4-6-19-12-18)25-16-15-3-5-20-24(15)9-14(22-16)13-7-21-23(2)8-13/h3,5,7-9,19H,4,6,10-12H2,1-2H3. The Morgan fingerprint density at radius 2 is 2.12 bits per heavy atom. The molecule has 0 aromatic carbocycles. The van der Waals surface area contributed by atoms with Crippen LogP contribution in [0.4, 0.5) is 0 Å². The van der Waals surface area contributed by atoms with E-state index in [-0.39, 0.29) is 5.60 Å². The zero-order valence-corrected chi connectivity index (χ0v) is 14.6. The normalized spacial score (nSPS) is 28.6. The Morgan fingerprint density at radius 1 is 1.24 bits per heavy atom. The van der Waals surface area contributed by atoms with Crippen LogP contribution in [0.5, 0.6) is 5.88 Å². The lowest BCUT2D eigenvalue weighted by molar-refractivity contribution is -0.0870. The Morgan fingerprint density at radius 3 is 2.84 bits per heavy atom. The predicted octanol–water partition coefficient (Wildman–Crippen LogP) is 2.04. The molecule has 0 atom stereocenters. The molecule has 3 aromatic heterocycles. The van der Waals surface area contributed by atoms with Crippen LogP contribution in [-0.2, 0) is 7.05 Å². The van der Waals surface area contributed by atoms with Crippen molar-refractivity contribution in [2.24, 2.45) is 12.5 Å². The molecule has 1 saturated carbocycles. The van der Waals surface area contributed by atoms with Gasteiger partial charge in [-0.25, -0.2) is 9.50 Å². The third-order valence-electron chi connectivity index (χ3n) is 5.53. The molecule has 1 saturated heterocycles. The van der Waals surface area contributed by atoms with Crippen LogP contribution in [0.2, 0.25) is 0 Å². The number of hydrogen-bond donors (Lipinski definition) is 1. The van der Waals surface area contributed by atoms with Gasteiger partial charge in [-0.05, 0) is 44.2 Å². The lowest BCUT2D eigenvalue weighted by Gasteiger charge is -2.52. The van der Waals surface area contributed by atoms with Crippen molar-refractivity contribution in [3.05, 3.63) is 30.9 Å². The predicted molar refractivity (Wildman–Crippen MR) is 93.4 cm³/mol. The van der Waals surface area contributed by atoms with Crippen LogP contribution in [0.25, 0.3) is 16.8 Å². The fourth-order valence-corrected chi connectivity index (χ4v) is 4.60. The van der Waals surface area contributed by atoms with Gasteiger partial charge in [0, 0.05) is 25.4 Å². The first-order valence-corrected chi connectivity index (χ1v) is 8.78. The van der Waals surface area contributed by atoms with Gasteiger partial charge in [0.15, 0.2) is 0 Å². The van der Waals surface area contributed by atoms with Gasteiger partial charge in [-0.1, -0.05) is 0 Å². The maximum atomic E-state index is 6.44. The molecule has 2 aliphatic rings. The monoisotopic (exact) mass is 338 g/mol. The molecular formula is C18H22N6O. The summed E-state index contributed by atoms with van der Waals surface area (Å²) in [7, 11) is 1.90. The average molecular weight is 338 g/mol. The van der Waals surface area contributed by atoms with Crippen LogP contribution in [0, 0.1) is 5.41 Å². The van der Waals surface area contributed by atoms with Gasteiger partial charge in [-0.3, -0.25) is 4.68 Å². The average Bonchev–Trinajstić information content (AvgIpc) is 3.26. The highest BCUT2D eigenvalue weighted by Crippen LogP contribution is 2.53. The molecule has 0 bridgehead atoms. The smallest absolute Gasteiger partial charge is 0.241 e. The van der Waals surface area contributed by atoms with Crippen molar-refractivity contribution in [2.75, 3.05) is 13.1 Å². The molecular weight excluding hydrogens is 316 g/mol. The van der Waals surface area contributed by atoms with Crippen molar-refractivity contribution in [1.29, 1.82) is 0 Å². The largest absolute Gasteiger partial charge is 0.470 e. The minimum Gasteiger partial charge on any atom is -0.470 e. The van der Waals surface area contributed by atoms with Crippen molar-refractivity contribution < 1.29 is 4.74 Å². The highest BCUT2D eigenvalue weighted by molar-refractivity contribution is 5.63. The van der Waals surface area contributed by atoms with E-state index >= 15 is 0 Å². The van der Waals surface area contributed by atoms with E-state index in [2.05, 4.69) is 22.4 Å². The molecule has 0 unspecified atom stereocenters. The summed E-state index contributed by atoms with van der Waals surface area (Å²) in [6.07, 6.45) is 10.9. The van der Waals surface area contributed by atoms with E-state index in [0.29, 0.717) is 11.3 Å². The Hall–Kier alpha value is -2.41. The zero-order valence-electron chi connectivity index (χ0n) is 14.6. The van der Waals surface area contributed by atoms with Crippen LogP contribution < -0.4 is 10.1 Å². The summed E-state index contributed by atoms with van der Waals surface area (Å²) < 4.78 is 10.0. The highest BCUT2D eigenvalue weighted by Gasteiger charge is 2.55. The molecule has 5 rings (SSSR count). The van der Waals surface area contributed by atoms with E-state index in [1.54, 1.807) is 10.9 Å². The second-order valence-corrected chi connectivity index (χ2v) is 7.83. The topological polar surface area (TPSA) is 69.3 Å². The Labute approximate surface area is 146 Å². The minimum absolute atomic E-state index is 0.155. The molecule has 3 aromatic rings. The molecule has 7 nitrogen and oxygen atoms in total. The second-order valence-electron chi connectivity index (χ2n) is 7.83. The summed E-state index contributed by atoms with van der Waals surface area (Å²) in [5, 5.41) is 12.1. The van der Waals surface area contributed by atoms with Crippen LogP contribution in [0.3, 0.4) is 0 Å². The van der Waals surface area contributed by atoms with Gasteiger partial charge in [0.1, 0.15) is 11.1 Å². The molecule has 1 aliphatic heterocycles. The number of fused-ring (bicyclic) bond motifs is 1. The Balaban J connectivity index is 1.49. The SMILES string of the molecule is Cn1cc(-c2cn3nccc3c(OC3(C)CC4(CCNC4)C3)n2)cn1. The van der Waals surface area contributed by atoms with Crippen molar-refractivity contribution in [3.63, 3.8) is 0 Å². The van der Waals surface area contributed by atoms with Gasteiger partial charge in [-0.2, -0.15) is 10.2 Å². The lowest BCUT2D eigenvalue weighted by Crippen LogP contribution is -2.54. The lowest BCUT2D eigenvalue weighted by atomic mass is 9.59. The van der Waals surface area contributed by atoms with E-state index in [0.717, 1.165) is 42.7 Å². The third-order valence-corrected chi connectivity index (χ3v) is 5.53. The van der Waals surface area contributed by atoms with Gasteiger partial charge in [0.2, 0.25) is 5.88 Å². The third kappa shape index (κ3) is 2.41. The summed E-state index contributed by atoms with van der Waals surface area (Å²) in [6.45, 7) is 4.43. The molecule has 25 heavy (non-hydrogen) atoms. The first-order chi connectivity index (χ1) is 12.0. The number of nitrogens with one attached hydrogen (secondary N) is 1. The zero-order chi connectivity index (χ0) is 17.1. The molecule has 2 fully saturated rings. The summed E-state index contributed by atoms with van der Waals surface area (Å²) >= 11 is 0. The fraction of sp³-hybridized carbons (Fsp3) is 0.500. The Kier molecular flexibility index (Phi) is 3.01. The number of nitrogens with zero attached hydrogens (tertiary/aromatic N) is 5. The van der Waals surface area contributed by atoms with Gasteiger partial charge in [0.25, 0.3) is 0 Å². The van der Waals surface area contributed by atoms with Crippen molar-refractivity contribution in [3.8, 4) is 17.1 Å². The molecule has 1 aliphatic carbocycles. The van der Waals surface area contributed by atoms with Gasteiger partial charge < -0.3 is 10.1 Å². The van der Waals surface area contributed by atoms with Gasteiger partial charge in [0.05, 0.1) is 24.3 Å². The quantitative estimate of drug-likeness (QED) is 0.791. The van der Waals surface area contributed by atoms with E-state index in [9.17, 15) is 0 Å². The van der Waals surface area contributed by atoms with E-state index in [4.69, 9.17) is 9.72 Å². The highest BCUT2D eigenvalue weighted by atomic mass is 16.5. The number of aryl methyl sites for hydroxylation is 1. The molecule has 130 valence electrons. The summed E-state index contributed by atoms with van der Waals surface area (Å²) in [4.78, 5) is 4.79. The molecule has 4 heterocycles. The molecule has 1 spiro atoms. The van der Waals surface area contributed by atoms with Crippen molar-refractivity contribution >= 4 is 5.52 Å². The van der Waals surface area contributed by atoms with Crippen molar-refractivity contribution in [2.45, 2.75) is 31.8 Å². The molecule has 0 amide bonds. The number of rotatable bonds is 3. The summed E-state index contributed by atoms with van der Waals surface area (Å²) in [5.74, 6) is 0.655. The van der Waals surface area contributed by atoms with Crippen LogP contribution in [-0.4, -0.2) is 43.1 Å². The van der Waals surface area contributed by atoms with Gasteiger partial charge >= 0.3 is 0 Å². The van der Waals surface area contributed by atoms with Crippen LogP contribution in [0.15, 0.2) is 30.9 Å². The fourth-order valence-electron chi connectivity index (χ4n) is 4.60. The van der Waals surface area contributed by atoms with Crippen LogP contribution >= 0.6 is 0 Å². The molecule has 0 radical (unpaired) electrons. The Bertz CT molecular complexity index is 928. The summed E-state index contributed by atoms with van der Waals surface area (Å²) in [6, 6.07) is 1.95. The van der Waals surface area contributed by atoms with E-state index < -0.39 is 0 Å². The van der Waals surface area contributed by atoms with Crippen LogP contribution in [0.1, 0.15) is 26.2 Å². The number of ether oxygens (including phenoxy) is 1. The minimum atomic E-state index is -0.155. The number of aromatic nitrogens is 5. The number of hydrogen-bond acceptors (Lipinski definition) is 5. The second kappa shape index (κ2) is 5.05. The molecule has 7 heteroatoms. The van der Waals surface area contributed by atoms with Crippen molar-refractivity contribution in [1.82, 2.24) is 29.7 Å². The maximum Gasteiger partial charge on any atom is 0.241 e. The molecule has 1 N–H and O–H groups in total. The van der Waals surface area contributed by atoms with E-state index in [1.807, 2.05) is 36.2 Å². The summed E-state index contributed by atoms with van der Waals surface area (Å²) in [5.41, 5.74) is 2.95. The maximum absolute atomic E-state index is 6.44. The first-order valence-electron chi connectivity index (χ1n) is 8.78. The van der Waals surface area contributed by atoms with Gasteiger partial charge in [-0.15, -0.1) is 0 Å². The first kappa shape index (κ1) is 14.9. The van der Waals surface area contributed by atoms with E-state index in [1.165, 1.54) is 6.42 Å².